The number of rotatable bonds is 21. The van der Waals surface area contributed by atoms with Crippen molar-refractivity contribution >= 4 is 65.0 Å². The molecule has 1 saturated heterocycles. The molecule has 1 heterocycles. The van der Waals surface area contributed by atoms with Crippen LogP contribution in [0.4, 0.5) is 0 Å². The molecule has 0 spiro atoms. The van der Waals surface area contributed by atoms with E-state index in [0.29, 0.717) is 32.5 Å². The van der Waals surface area contributed by atoms with E-state index in [1.54, 1.807) is 55.4 Å². The van der Waals surface area contributed by atoms with Crippen molar-refractivity contribution in [2.45, 2.75) is 255 Å². The van der Waals surface area contributed by atoms with E-state index in [1.807, 2.05) is 79.7 Å². The van der Waals surface area contributed by atoms with E-state index in [0.717, 1.165) is 42.9 Å². The fourth-order valence-corrected chi connectivity index (χ4v) is 13.4. The third kappa shape index (κ3) is 28.7. The first-order chi connectivity index (χ1) is 47.4. The molecule has 1 aliphatic rings. The maximum absolute atomic E-state index is 15.7. The number of carbonyl (C=O) groups excluding carboxylic acids is 11. The quantitative estimate of drug-likeness (QED) is 0.0788. The molecular formula is C79H131N12O12WY-. The van der Waals surface area contributed by atoms with Gasteiger partial charge in [0, 0.05) is 95.1 Å². The predicted octanol–water partition coefficient (Wildman–Crippen LogP) is 7.01. The molecule has 26 heteroatoms. The van der Waals surface area contributed by atoms with Gasteiger partial charge in [-0.2, -0.15) is 13.8 Å². The smallest absolute Gasteiger partial charge is 0.390 e. The SMILES string of the molecule is [CH2-][C@@H]1C(=O)N(C)[C@@H](C[C-](C)C)C(=O)N[C@@H](C(C)C)C(=O)N(C)[C@@H](CC(C)C)C(=O)N[C@@H](C)C(=O)N[C@H](C)C(=O)N(C)[C@@H](CC(C)C)C(=O)N(C)[C@@H](CC(C)C)C(=O)N(C)[C@@H](C(C)C)C(=O)N(C)[C@@H]([C@H](O)[C@H](C)CCCN(Cc2cccc(C)c2)Cc2cccc(C)c2)C(=O)N[C@@H](CC)C(=O)N1C.[CH3-].[W+2].[Y]. The van der Waals surface area contributed by atoms with Gasteiger partial charge in [-0.3, -0.25) is 57.6 Å². The molecule has 2 aromatic rings. The minimum absolute atomic E-state index is 0. The molecule has 11 amide bonds. The maximum atomic E-state index is 15.7. The molecule has 2 aromatic carbocycles. The van der Waals surface area contributed by atoms with Gasteiger partial charge in [0.05, 0.1) is 12.1 Å². The molecule has 589 valence electrons. The Bertz CT molecular complexity index is 3120. The van der Waals surface area contributed by atoms with Crippen LogP contribution in [0.15, 0.2) is 48.5 Å². The van der Waals surface area contributed by atoms with Gasteiger partial charge in [0.1, 0.15) is 54.4 Å². The largest absolute Gasteiger partial charge is 2.00 e. The van der Waals surface area contributed by atoms with Gasteiger partial charge < -0.3 is 80.9 Å². The van der Waals surface area contributed by atoms with E-state index in [9.17, 15) is 38.7 Å². The number of aryl methyl sites for hydroxylation is 2. The number of carbonyl (C=O) groups is 11. The van der Waals surface area contributed by atoms with E-state index >= 15 is 19.2 Å². The van der Waals surface area contributed by atoms with E-state index in [-0.39, 0.29) is 111 Å². The monoisotopic (exact) mass is 1710 g/mol. The normalized spacial score (nSPS) is 24.3. The van der Waals surface area contributed by atoms with Crippen molar-refractivity contribution in [3.63, 3.8) is 0 Å². The average molecular weight is 1710 g/mol. The summed E-state index contributed by atoms with van der Waals surface area (Å²) in [4.78, 5) is 175. The second-order valence-electron chi connectivity index (χ2n) is 31.1. The predicted molar refractivity (Wildman–Crippen MR) is 405 cm³/mol. The second kappa shape index (κ2) is 46.0. The zero-order chi connectivity index (χ0) is 77.8. The number of nitrogens with one attached hydrogen (secondary N) is 4. The average Bonchev–Trinajstić information content (AvgIpc) is 0.798. The van der Waals surface area contributed by atoms with Crippen LogP contribution >= 0.6 is 0 Å². The van der Waals surface area contributed by atoms with Crippen LogP contribution in [0.2, 0.25) is 0 Å². The molecule has 0 aliphatic carbocycles. The van der Waals surface area contributed by atoms with Crippen LogP contribution in [-0.2, 0) is 120 Å². The number of hydrogen-bond acceptors (Lipinski definition) is 13. The van der Waals surface area contributed by atoms with Crippen molar-refractivity contribution in [3.8, 4) is 0 Å². The Morgan fingerprint density at radius 2 is 0.933 bits per heavy atom. The Hall–Kier alpha value is -5.68. The molecule has 13 atom stereocenters. The zero-order valence-corrected chi connectivity index (χ0v) is 74.1. The first-order valence-corrected chi connectivity index (χ1v) is 36.6. The van der Waals surface area contributed by atoms with Gasteiger partial charge in [-0.1, -0.05) is 143 Å². The molecule has 24 nitrogen and oxygen atoms in total. The summed E-state index contributed by atoms with van der Waals surface area (Å²) in [5.74, 6) is -9.36. The van der Waals surface area contributed by atoms with Crippen molar-refractivity contribution < 1.29 is 112 Å². The topological polar surface area (TPSA) is 282 Å². The summed E-state index contributed by atoms with van der Waals surface area (Å²) in [5.41, 5.74) is 4.51. The van der Waals surface area contributed by atoms with Crippen LogP contribution in [0.25, 0.3) is 0 Å². The van der Waals surface area contributed by atoms with Gasteiger partial charge >= 0.3 is 21.1 Å². The number of hydrogen-bond donors (Lipinski definition) is 5. The third-order valence-electron chi connectivity index (χ3n) is 19.7. The number of benzene rings is 2. The standard InChI is InChI=1S/C78H128N12O12.CH3.W.Y/c1-27-59-74(98)83(20)56(19)73(97)84(21)61(38-46(4)5)70(94)82-64(49(10)11)77(101)85(22)60(37-45(2)3)69(93)79-54(17)68(92)80-55(18)72(96)86(23)62(39-47(6)7)75(99)87(24)63(40-48(8)9)76(100)88(25)65(50(12)13)78(102)89(26)66(71(95)81-59)67(91)53(16)33-30-36-90(43-57-34-28-31-51(14)41-57)44-58-35-29-32-52(15)42-58;;;/h28-29,31-32,34-35,41-42,45,47-50,53-56,59-67,91H,19,27,30,33,36-40,43-44H2,1-18,20-26H3,(H,79,93)(H,80,92)(H,81,95)(H,82,94);1H3;;/q-2;-1;+2;/t53-,54+,55-,56-,59+,60+,61+,62+,63+,64+,65+,66+,67-;;;/m1.../s1. The summed E-state index contributed by atoms with van der Waals surface area (Å²) in [6, 6.07) is 2.32. The van der Waals surface area contributed by atoms with Crippen LogP contribution in [0.1, 0.15) is 178 Å². The van der Waals surface area contributed by atoms with Crippen molar-refractivity contribution in [1.82, 2.24) is 60.5 Å². The minimum Gasteiger partial charge on any atom is -0.390 e. The summed E-state index contributed by atoms with van der Waals surface area (Å²) in [5, 5.41) is 23.9. The summed E-state index contributed by atoms with van der Waals surface area (Å²) >= 11 is 0. The number of nitrogens with zero attached hydrogens (tertiary/aromatic N) is 8. The fraction of sp³-hybridized carbons (Fsp3) is 0.671. The van der Waals surface area contributed by atoms with Gasteiger partial charge in [0.25, 0.3) is 0 Å². The van der Waals surface area contributed by atoms with Crippen LogP contribution in [0, 0.1) is 69.6 Å². The van der Waals surface area contributed by atoms with E-state index in [4.69, 9.17) is 0 Å². The van der Waals surface area contributed by atoms with Crippen molar-refractivity contribution in [2.75, 3.05) is 55.9 Å². The maximum Gasteiger partial charge on any atom is 2.00 e. The molecular weight excluding hydrogens is 1580 g/mol. The number of aliphatic hydroxyl groups is 1. The molecule has 105 heavy (non-hydrogen) atoms. The molecule has 3 rings (SSSR count). The Kier molecular flexibility index (Phi) is 43.5. The number of likely N-dealkylation sites (N-methyl/N-ethyl adjacent to an activating group) is 7. The third-order valence-corrected chi connectivity index (χ3v) is 19.7. The zero-order valence-electron chi connectivity index (χ0n) is 68.3. The van der Waals surface area contributed by atoms with Gasteiger partial charge in [-0.05, 0) is 125 Å². The molecule has 1 aliphatic heterocycles. The Morgan fingerprint density at radius 3 is 1.38 bits per heavy atom. The molecule has 0 aromatic heterocycles. The summed E-state index contributed by atoms with van der Waals surface area (Å²) in [7, 11) is 9.91. The van der Waals surface area contributed by atoms with Gasteiger partial charge in [-0.15, -0.1) is 6.42 Å². The van der Waals surface area contributed by atoms with Gasteiger partial charge in [0.2, 0.25) is 65.0 Å². The summed E-state index contributed by atoms with van der Waals surface area (Å²) in [6.45, 7) is 38.1. The van der Waals surface area contributed by atoms with Crippen molar-refractivity contribution in [2.24, 2.45) is 35.5 Å². The minimum atomic E-state index is -1.68. The van der Waals surface area contributed by atoms with Gasteiger partial charge in [0.15, 0.2) is 0 Å². The molecule has 1 fully saturated rings. The Balaban J connectivity index is 0.0000361. The van der Waals surface area contributed by atoms with Crippen molar-refractivity contribution in [3.05, 3.63) is 91.1 Å². The van der Waals surface area contributed by atoms with E-state index in [2.05, 4.69) is 57.4 Å². The van der Waals surface area contributed by atoms with E-state index in [1.165, 1.54) is 82.8 Å². The molecule has 0 saturated carbocycles. The summed E-state index contributed by atoms with van der Waals surface area (Å²) < 4.78 is 0. The first-order valence-electron chi connectivity index (χ1n) is 36.6. The fourth-order valence-electron chi connectivity index (χ4n) is 13.4. The Labute approximate surface area is 670 Å². The summed E-state index contributed by atoms with van der Waals surface area (Å²) in [6.07, 6.45) is -0.205. The molecule has 0 bridgehead atoms. The Morgan fingerprint density at radius 1 is 0.505 bits per heavy atom. The van der Waals surface area contributed by atoms with Crippen LogP contribution in [0.3, 0.4) is 0 Å². The second-order valence-corrected chi connectivity index (χ2v) is 31.1. The number of aliphatic hydroxyl groups excluding tert-OH is 1. The molecule has 0 unspecified atom stereocenters. The van der Waals surface area contributed by atoms with Crippen LogP contribution in [-0.4, -0.2) is 238 Å². The first kappa shape index (κ1) is 99.3. The van der Waals surface area contributed by atoms with E-state index < -0.39 is 155 Å². The van der Waals surface area contributed by atoms with Crippen LogP contribution in [0.5, 0.6) is 0 Å². The molecule has 1 radical (unpaired) electrons. The number of amides is 11. The van der Waals surface area contributed by atoms with Crippen molar-refractivity contribution in [1.29, 1.82) is 0 Å². The van der Waals surface area contributed by atoms with Crippen LogP contribution < -0.4 is 21.3 Å². The van der Waals surface area contributed by atoms with Gasteiger partial charge in [-0.25, -0.2) is 0 Å². The molecule has 5 N–H and O–H groups in total.